The van der Waals surface area contributed by atoms with Gasteiger partial charge in [0.1, 0.15) is 5.75 Å². The van der Waals surface area contributed by atoms with Crippen LogP contribution in [0.15, 0.2) is 24.3 Å². The van der Waals surface area contributed by atoms with Gasteiger partial charge in [-0.25, -0.2) is 4.79 Å². The van der Waals surface area contributed by atoms with E-state index in [2.05, 4.69) is 10.6 Å². The zero-order valence-corrected chi connectivity index (χ0v) is 11.1. The van der Waals surface area contributed by atoms with Gasteiger partial charge in [0.05, 0.1) is 19.8 Å². The summed E-state index contributed by atoms with van der Waals surface area (Å²) < 4.78 is 10.3. The van der Waals surface area contributed by atoms with E-state index in [4.69, 9.17) is 9.47 Å². The first-order chi connectivity index (χ1) is 9.28. The topological polar surface area (TPSA) is 59.6 Å². The Kier molecular flexibility index (Phi) is 5.03. The van der Waals surface area contributed by atoms with Crippen LogP contribution >= 0.6 is 0 Å². The number of ether oxygens (including phenoxy) is 2. The van der Waals surface area contributed by atoms with E-state index in [1.54, 1.807) is 7.11 Å². The zero-order valence-electron chi connectivity index (χ0n) is 11.1. The third-order valence-electron chi connectivity index (χ3n) is 3.12. The van der Waals surface area contributed by atoms with E-state index in [0.717, 1.165) is 25.2 Å². The van der Waals surface area contributed by atoms with Crippen molar-refractivity contribution in [3.05, 3.63) is 29.8 Å². The predicted molar refractivity (Wildman–Crippen MR) is 72.5 cm³/mol. The second kappa shape index (κ2) is 6.99. The fourth-order valence-corrected chi connectivity index (χ4v) is 2.00. The fourth-order valence-electron chi connectivity index (χ4n) is 2.00. The monoisotopic (exact) mass is 264 g/mol. The number of benzene rings is 1. The third kappa shape index (κ3) is 4.44. The van der Waals surface area contributed by atoms with Crippen LogP contribution in [0.1, 0.15) is 12.0 Å². The highest BCUT2D eigenvalue weighted by Gasteiger charge is 2.17. The minimum atomic E-state index is -0.121. The average Bonchev–Trinajstić information content (AvgIpc) is 2.92. The highest BCUT2D eigenvalue weighted by atomic mass is 16.5. The van der Waals surface area contributed by atoms with Crippen LogP contribution in [-0.4, -0.2) is 38.9 Å². The molecular weight excluding hydrogens is 244 g/mol. The molecule has 1 heterocycles. The summed E-state index contributed by atoms with van der Waals surface area (Å²) in [5.41, 5.74) is 1.17. The minimum absolute atomic E-state index is 0.121. The number of methoxy groups -OCH3 is 1. The van der Waals surface area contributed by atoms with Gasteiger partial charge in [-0.3, -0.25) is 0 Å². The van der Waals surface area contributed by atoms with Crippen molar-refractivity contribution in [1.29, 1.82) is 0 Å². The van der Waals surface area contributed by atoms with Crippen molar-refractivity contribution in [2.45, 2.75) is 18.9 Å². The van der Waals surface area contributed by atoms with Gasteiger partial charge in [0.25, 0.3) is 0 Å². The van der Waals surface area contributed by atoms with E-state index in [0.29, 0.717) is 13.2 Å². The summed E-state index contributed by atoms with van der Waals surface area (Å²) in [7, 11) is 1.65. The lowest BCUT2D eigenvalue weighted by molar-refractivity contribution is 0.188. The van der Waals surface area contributed by atoms with Crippen LogP contribution in [0, 0.1) is 0 Å². The molecule has 0 saturated carbocycles. The molecule has 104 valence electrons. The molecule has 0 aliphatic carbocycles. The predicted octanol–water partition coefficient (Wildman–Crippen LogP) is 1.33. The van der Waals surface area contributed by atoms with Crippen molar-refractivity contribution < 1.29 is 14.3 Å². The first kappa shape index (κ1) is 13.7. The molecule has 19 heavy (non-hydrogen) atoms. The van der Waals surface area contributed by atoms with Crippen LogP contribution in [0.4, 0.5) is 4.79 Å². The Morgan fingerprint density at radius 3 is 2.84 bits per heavy atom. The van der Waals surface area contributed by atoms with Crippen molar-refractivity contribution in [2.24, 2.45) is 0 Å². The van der Waals surface area contributed by atoms with E-state index in [9.17, 15) is 4.79 Å². The lowest BCUT2D eigenvalue weighted by Gasteiger charge is -2.11. The smallest absolute Gasteiger partial charge is 0.315 e. The summed E-state index contributed by atoms with van der Waals surface area (Å²) in [5, 5.41) is 5.74. The van der Waals surface area contributed by atoms with E-state index >= 15 is 0 Å². The van der Waals surface area contributed by atoms with E-state index in [1.165, 1.54) is 5.56 Å². The van der Waals surface area contributed by atoms with Gasteiger partial charge < -0.3 is 20.1 Å². The molecule has 1 fully saturated rings. The van der Waals surface area contributed by atoms with E-state index in [1.807, 2.05) is 24.3 Å². The van der Waals surface area contributed by atoms with Crippen LogP contribution in [-0.2, 0) is 11.2 Å². The third-order valence-corrected chi connectivity index (χ3v) is 3.12. The molecule has 1 aromatic rings. The number of carbonyl (C=O) groups is 1. The SMILES string of the molecule is COc1ccc(CCNC(=O)NC2CCOC2)cc1. The van der Waals surface area contributed by atoms with Crippen molar-refractivity contribution >= 4 is 6.03 Å². The molecule has 5 nitrogen and oxygen atoms in total. The largest absolute Gasteiger partial charge is 0.497 e. The molecule has 1 saturated heterocycles. The first-order valence-electron chi connectivity index (χ1n) is 6.53. The number of urea groups is 1. The summed E-state index contributed by atoms with van der Waals surface area (Å²) >= 11 is 0. The minimum Gasteiger partial charge on any atom is -0.497 e. The van der Waals surface area contributed by atoms with Gasteiger partial charge in [0.15, 0.2) is 0 Å². The van der Waals surface area contributed by atoms with Crippen LogP contribution < -0.4 is 15.4 Å². The standard InChI is InChI=1S/C14H20N2O3/c1-18-13-4-2-11(3-5-13)6-8-15-14(17)16-12-7-9-19-10-12/h2-5,12H,6-10H2,1H3,(H2,15,16,17). The summed E-state index contributed by atoms with van der Waals surface area (Å²) in [6.45, 7) is 1.97. The van der Waals surface area contributed by atoms with Gasteiger partial charge in [0, 0.05) is 13.2 Å². The quantitative estimate of drug-likeness (QED) is 0.843. The Labute approximate surface area is 113 Å². The van der Waals surface area contributed by atoms with Crippen LogP contribution in [0.25, 0.3) is 0 Å². The normalized spacial score (nSPS) is 18.1. The van der Waals surface area contributed by atoms with Crippen LogP contribution in [0.2, 0.25) is 0 Å². The highest BCUT2D eigenvalue weighted by molar-refractivity contribution is 5.74. The summed E-state index contributed by atoms with van der Waals surface area (Å²) in [6, 6.07) is 7.88. The second-order valence-electron chi connectivity index (χ2n) is 4.56. The van der Waals surface area contributed by atoms with Crippen molar-refractivity contribution in [3.63, 3.8) is 0 Å². The molecule has 0 aromatic heterocycles. The van der Waals surface area contributed by atoms with Gasteiger partial charge in [-0.15, -0.1) is 0 Å². The van der Waals surface area contributed by atoms with Gasteiger partial charge in [0.2, 0.25) is 0 Å². The number of rotatable bonds is 5. The zero-order chi connectivity index (χ0) is 13.5. The molecule has 0 spiro atoms. The number of hydrogen-bond donors (Lipinski definition) is 2. The number of amides is 2. The highest BCUT2D eigenvalue weighted by Crippen LogP contribution is 2.11. The molecule has 1 aromatic carbocycles. The Morgan fingerprint density at radius 2 is 2.21 bits per heavy atom. The Bertz CT molecular complexity index is 400. The molecule has 5 heteroatoms. The Hall–Kier alpha value is -1.75. The van der Waals surface area contributed by atoms with Gasteiger partial charge >= 0.3 is 6.03 Å². The molecule has 1 aliphatic heterocycles. The Balaban J connectivity index is 1.65. The van der Waals surface area contributed by atoms with E-state index in [-0.39, 0.29) is 12.1 Å². The molecule has 0 radical (unpaired) electrons. The number of carbonyl (C=O) groups excluding carboxylic acids is 1. The number of nitrogens with one attached hydrogen (secondary N) is 2. The Morgan fingerprint density at radius 1 is 1.42 bits per heavy atom. The maximum atomic E-state index is 11.6. The van der Waals surface area contributed by atoms with Crippen molar-refractivity contribution in [1.82, 2.24) is 10.6 Å². The lowest BCUT2D eigenvalue weighted by Crippen LogP contribution is -2.42. The maximum absolute atomic E-state index is 11.6. The van der Waals surface area contributed by atoms with Gasteiger partial charge in [-0.05, 0) is 30.5 Å². The molecule has 2 N–H and O–H groups in total. The van der Waals surface area contributed by atoms with E-state index < -0.39 is 0 Å². The molecule has 2 amide bonds. The van der Waals surface area contributed by atoms with Crippen molar-refractivity contribution in [3.8, 4) is 5.75 Å². The summed E-state index contributed by atoms with van der Waals surface area (Å²) in [6.07, 6.45) is 1.70. The second-order valence-corrected chi connectivity index (χ2v) is 4.56. The van der Waals surface area contributed by atoms with Gasteiger partial charge in [-0.1, -0.05) is 12.1 Å². The maximum Gasteiger partial charge on any atom is 0.315 e. The van der Waals surface area contributed by atoms with Gasteiger partial charge in [-0.2, -0.15) is 0 Å². The first-order valence-corrected chi connectivity index (χ1v) is 6.53. The summed E-state index contributed by atoms with van der Waals surface area (Å²) in [4.78, 5) is 11.6. The van der Waals surface area contributed by atoms with Crippen LogP contribution in [0.3, 0.4) is 0 Å². The molecule has 0 bridgehead atoms. The molecule has 2 rings (SSSR count). The summed E-state index contributed by atoms with van der Waals surface area (Å²) in [5.74, 6) is 0.843. The average molecular weight is 264 g/mol. The fraction of sp³-hybridized carbons (Fsp3) is 0.500. The molecule has 1 atom stereocenters. The number of hydrogen-bond acceptors (Lipinski definition) is 3. The molecule has 1 unspecified atom stereocenters. The van der Waals surface area contributed by atoms with Crippen LogP contribution in [0.5, 0.6) is 5.75 Å². The molecular formula is C14H20N2O3. The van der Waals surface area contributed by atoms with Crippen molar-refractivity contribution in [2.75, 3.05) is 26.9 Å². The lowest BCUT2D eigenvalue weighted by atomic mass is 10.1. The molecule has 1 aliphatic rings.